The highest BCUT2D eigenvalue weighted by Crippen LogP contribution is 2.25. The molecular formula is C25H26N4O. The molecule has 4 aromatic rings. The summed E-state index contributed by atoms with van der Waals surface area (Å²) in [4.78, 5) is 17.2. The molecule has 1 aromatic heterocycles. The van der Waals surface area contributed by atoms with Crippen molar-refractivity contribution in [1.82, 2.24) is 14.9 Å². The Morgan fingerprint density at radius 2 is 1.60 bits per heavy atom. The van der Waals surface area contributed by atoms with Crippen molar-refractivity contribution in [2.24, 2.45) is 0 Å². The molecule has 0 spiro atoms. The molecule has 152 valence electrons. The van der Waals surface area contributed by atoms with Crippen LogP contribution in [0.2, 0.25) is 0 Å². The number of aryl methyl sites for hydroxylation is 3. The summed E-state index contributed by atoms with van der Waals surface area (Å²) in [7, 11) is 0. The van der Waals surface area contributed by atoms with Crippen LogP contribution in [0.3, 0.4) is 0 Å². The monoisotopic (exact) mass is 398 g/mol. The fraction of sp³-hybridized carbons (Fsp3) is 0.200. The minimum absolute atomic E-state index is 0.207. The van der Waals surface area contributed by atoms with Crippen LogP contribution >= 0.6 is 0 Å². The fourth-order valence-corrected chi connectivity index (χ4v) is 3.73. The van der Waals surface area contributed by atoms with Crippen LogP contribution in [-0.4, -0.2) is 22.1 Å². The summed E-state index contributed by atoms with van der Waals surface area (Å²) in [5.74, 6) is 0.910. The zero-order valence-corrected chi connectivity index (χ0v) is 17.6. The predicted molar refractivity (Wildman–Crippen MR) is 123 cm³/mol. The molecule has 0 saturated carbocycles. The molecule has 0 aliphatic heterocycles. The van der Waals surface area contributed by atoms with Gasteiger partial charge in [-0.3, -0.25) is 0 Å². The van der Waals surface area contributed by atoms with Crippen molar-refractivity contribution in [3.8, 4) is 11.4 Å². The van der Waals surface area contributed by atoms with Crippen LogP contribution < -0.4 is 10.6 Å². The second kappa shape index (κ2) is 8.41. The van der Waals surface area contributed by atoms with Gasteiger partial charge in [0, 0.05) is 24.3 Å². The summed E-state index contributed by atoms with van der Waals surface area (Å²) in [6, 6.07) is 22.3. The molecule has 0 aliphatic rings. The molecule has 0 aliphatic carbocycles. The highest BCUT2D eigenvalue weighted by Gasteiger charge is 2.12. The van der Waals surface area contributed by atoms with Gasteiger partial charge in [0.15, 0.2) is 0 Å². The topological polar surface area (TPSA) is 59.0 Å². The standard InChI is InChI=1S/C25H26N4O/c1-17-8-10-20(11-9-17)24-28-22-6-4-5-7-23(22)29(24)13-12-26-25(30)27-21-15-18(2)14-19(3)16-21/h4-11,14-16H,12-13H2,1-3H3,(H2,26,27,30). The van der Waals surface area contributed by atoms with Crippen molar-refractivity contribution < 1.29 is 4.79 Å². The third kappa shape index (κ3) is 4.35. The molecule has 0 fully saturated rings. The quantitative estimate of drug-likeness (QED) is 0.470. The number of nitrogens with one attached hydrogen (secondary N) is 2. The summed E-state index contributed by atoms with van der Waals surface area (Å²) in [6.07, 6.45) is 0. The Labute approximate surface area is 176 Å². The lowest BCUT2D eigenvalue weighted by atomic mass is 10.1. The van der Waals surface area contributed by atoms with Gasteiger partial charge in [-0.25, -0.2) is 9.78 Å². The summed E-state index contributed by atoms with van der Waals surface area (Å²) in [5.41, 5.74) is 7.34. The Hall–Kier alpha value is -3.60. The average molecular weight is 399 g/mol. The number of urea groups is 1. The van der Waals surface area contributed by atoms with E-state index in [2.05, 4.69) is 58.5 Å². The maximum Gasteiger partial charge on any atom is 0.319 e. The van der Waals surface area contributed by atoms with E-state index in [-0.39, 0.29) is 6.03 Å². The van der Waals surface area contributed by atoms with Gasteiger partial charge in [0.2, 0.25) is 0 Å². The van der Waals surface area contributed by atoms with Crippen LogP contribution in [0.1, 0.15) is 16.7 Å². The van der Waals surface area contributed by atoms with Crippen LogP contribution in [0.25, 0.3) is 22.4 Å². The van der Waals surface area contributed by atoms with Crippen LogP contribution in [0, 0.1) is 20.8 Å². The van der Waals surface area contributed by atoms with Gasteiger partial charge in [-0.15, -0.1) is 0 Å². The van der Waals surface area contributed by atoms with Crippen molar-refractivity contribution in [2.45, 2.75) is 27.3 Å². The molecular weight excluding hydrogens is 372 g/mol. The van der Waals surface area contributed by atoms with E-state index in [0.29, 0.717) is 13.1 Å². The maximum absolute atomic E-state index is 12.4. The number of anilines is 1. The molecule has 4 rings (SSSR count). The van der Waals surface area contributed by atoms with Crippen molar-refractivity contribution in [2.75, 3.05) is 11.9 Å². The van der Waals surface area contributed by atoms with Gasteiger partial charge >= 0.3 is 6.03 Å². The van der Waals surface area contributed by atoms with Crippen molar-refractivity contribution in [3.05, 3.63) is 83.4 Å². The van der Waals surface area contributed by atoms with E-state index in [9.17, 15) is 4.79 Å². The molecule has 5 nitrogen and oxygen atoms in total. The summed E-state index contributed by atoms with van der Waals surface area (Å²) in [6.45, 7) is 7.24. The number of nitrogens with zero attached hydrogens (tertiary/aromatic N) is 2. The third-order valence-corrected chi connectivity index (χ3v) is 5.06. The van der Waals surface area contributed by atoms with Gasteiger partial charge in [0.1, 0.15) is 5.82 Å². The summed E-state index contributed by atoms with van der Waals surface area (Å²) in [5, 5.41) is 5.88. The Bertz CT molecular complexity index is 1170. The fourth-order valence-electron chi connectivity index (χ4n) is 3.73. The van der Waals surface area contributed by atoms with Gasteiger partial charge in [0.05, 0.1) is 11.0 Å². The number of benzene rings is 3. The number of carbonyl (C=O) groups excluding carboxylic acids is 1. The first-order valence-corrected chi connectivity index (χ1v) is 10.1. The highest BCUT2D eigenvalue weighted by atomic mass is 16.2. The van der Waals surface area contributed by atoms with Gasteiger partial charge in [0.25, 0.3) is 0 Å². The van der Waals surface area contributed by atoms with Crippen LogP contribution in [0.15, 0.2) is 66.7 Å². The largest absolute Gasteiger partial charge is 0.336 e. The van der Waals surface area contributed by atoms with E-state index in [0.717, 1.165) is 39.2 Å². The number of hydrogen-bond donors (Lipinski definition) is 2. The first kappa shape index (κ1) is 19.7. The molecule has 0 saturated heterocycles. The number of hydrogen-bond acceptors (Lipinski definition) is 2. The molecule has 0 unspecified atom stereocenters. The first-order chi connectivity index (χ1) is 14.5. The van der Waals surface area contributed by atoms with E-state index in [1.807, 2.05) is 44.2 Å². The Balaban J connectivity index is 1.50. The lowest BCUT2D eigenvalue weighted by molar-refractivity contribution is 0.251. The smallest absolute Gasteiger partial charge is 0.319 e. The summed E-state index contributed by atoms with van der Waals surface area (Å²) < 4.78 is 2.16. The SMILES string of the molecule is Cc1ccc(-c2nc3ccccc3n2CCNC(=O)Nc2cc(C)cc(C)c2)cc1. The second-order valence-corrected chi connectivity index (χ2v) is 7.70. The van der Waals surface area contributed by atoms with Crippen LogP contribution in [0.5, 0.6) is 0 Å². The number of carbonyl (C=O) groups is 1. The van der Waals surface area contributed by atoms with Crippen LogP contribution in [0.4, 0.5) is 10.5 Å². The lowest BCUT2D eigenvalue weighted by Gasteiger charge is -2.12. The zero-order chi connectivity index (χ0) is 21.1. The van der Waals surface area contributed by atoms with Gasteiger partial charge in [-0.1, -0.05) is 48.0 Å². The molecule has 0 atom stereocenters. The number of imidazole rings is 1. The number of para-hydroxylation sites is 2. The molecule has 30 heavy (non-hydrogen) atoms. The Kier molecular flexibility index (Phi) is 5.53. The zero-order valence-electron chi connectivity index (χ0n) is 17.6. The Morgan fingerprint density at radius 3 is 2.33 bits per heavy atom. The van der Waals surface area contributed by atoms with Gasteiger partial charge in [-0.05, 0) is 56.2 Å². The minimum atomic E-state index is -0.207. The lowest BCUT2D eigenvalue weighted by Crippen LogP contribution is -2.31. The van der Waals surface area contributed by atoms with E-state index in [4.69, 9.17) is 4.98 Å². The molecule has 2 N–H and O–H groups in total. The molecule has 5 heteroatoms. The molecule has 1 heterocycles. The first-order valence-electron chi connectivity index (χ1n) is 10.1. The average Bonchev–Trinajstić information content (AvgIpc) is 3.06. The van der Waals surface area contributed by atoms with E-state index in [1.165, 1.54) is 5.56 Å². The van der Waals surface area contributed by atoms with Gasteiger partial charge < -0.3 is 15.2 Å². The normalized spacial score (nSPS) is 10.9. The number of amides is 2. The minimum Gasteiger partial charge on any atom is -0.336 e. The predicted octanol–water partition coefficient (Wildman–Crippen LogP) is 5.45. The Morgan fingerprint density at radius 1 is 0.900 bits per heavy atom. The number of aromatic nitrogens is 2. The van der Waals surface area contributed by atoms with Crippen LogP contribution in [-0.2, 0) is 6.54 Å². The van der Waals surface area contributed by atoms with Crippen molar-refractivity contribution >= 4 is 22.8 Å². The number of fused-ring (bicyclic) bond motifs is 1. The van der Waals surface area contributed by atoms with E-state index >= 15 is 0 Å². The number of rotatable bonds is 5. The van der Waals surface area contributed by atoms with Crippen molar-refractivity contribution in [1.29, 1.82) is 0 Å². The molecule has 0 radical (unpaired) electrons. The van der Waals surface area contributed by atoms with E-state index < -0.39 is 0 Å². The highest BCUT2D eigenvalue weighted by molar-refractivity contribution is 5.89. The van der Waals surface area contributed by atoms with Gasteiger partial charge in [-0.2, -0.15) is 0 Å². The molecule has 3 aromatic carbocycles. The molecule has 2 amide bonds. The second-order valence-electron chi connectivity index (χ2n) is 7.70. The third-order valence-electron chi connectivity index (χ3n) is 5.06. The summed E-state index contributed by atoms with van der Waals surface area (Å²) >= 11 is 0. The maximum atomic E-state index is 12.4. The molecule has 0 bridgehead atoms. The van der Waals surface area contributed by atoms with E-state index in [1.54, 1.807) is 0 Å². The van der Waals surface area contributed by atoms with Crippen molar-refractivity contribution in [3.63, 3.8) is 0 Å².